The molecule has 0 atom stereocenters. The fraction of sp³-hybridized carbons (Fsp3) is 0.643. The van der Waals surface area contributed by atoms with Gasteiger partial charge in [0.2, 0.25) is 5.91 Å². The van der Waals surface area contributed by atoms with E-state index in [9.17, 15) is 4.79 Å². The lowest BCUT2D eigenvalue weighted by Crippen LogP contribution is -2.35. The smallest absolute Gasteiger partial charge is 0.236 e. The van der Waals surface area contributed by atoms with Gasteiger partial charge in [-0.2, -0.15) is 0 Å². The van der Waals surface area contributed by atoms with Gasteiger partial charge >= 0.3 is 0 Å². The minimum atomic E-state index is -0.356. The van der Waals surface area contributed by atoms with Gasteiger partial charge < -0.3 is 16.0 Å². The third kappa shape index (κ3) is 4.08. The Morgan fingerprint density at radius 1 is 1.30 bits per heavy atom. The molecule has 1 aromatic heterocycles. The molecule has 0 unspecified atom stereocenters. The molecule has 1 heterocycles. The van der Waals surface area contributed by atoms with Crippen LogP contribution in [-0.4, -0.2) is 35.5 Å². The second kappa shape index (κ2) is 7.67. The zero-order valence-corrected chi connectivity index (χ0v) is 12.9. The van der Waals surface area contributed by atoms with Gasteiger partial charge in [-0.15, -0.1) is 0 Å². The number of nitrogens with two attached hydrogens (primary N) is 1. The second-order valence-electron chi connectivity index (χ2n) is 4.70. The maximum absolute atomic E-state index is 11.2. The standard InChI is InChI=1S/C14H25N5O/c1-5-8-16-13-10(4)14(18-12(6-2)17-13)19(7-3)9-11(15)20/h5-9H2,1-4H3,(H2,15,20)(H,16,17,18). The van der Waals surface area contributed by atoms with Crippen LogP contribution in [0.1, 0.15) is 38.6 Å². The topological polar surface area (TPSA) is 84.1 Å². The van der Waals surface area contributed by atoms with E-state index in [0.29, 0.717) is 6.54 Å². The summed E-state index contributed by atoms with van der Waals surface area (Å²) in [6, 6.07) is 0. The first-order valence-corrected chi connectivity index (χ1v) is 7.18. The van der Waals surface area contributed by atoms with Crippen molar-refractivity contribution in [2.75, 3.05) is 29.9 Å². The molecule has 6 heteroatoms. The van der Waals surface area contributed by atoms with Crippen LogP contribution in [0.3, 0.4) is 0 Å². The number of aryl methyl sites for hydroxylation is 1. The minimum Gasteiger partial charge on any atom is -0.370 e. The molecule has 0 radical (unpaired) electrons. The summed E-state index contributed by atoms with van der Waals surface area (Å²) in [7, 11) is 0. The molecule has 112 valence electrons. The molecule has 0 bridgehead atoms. The third-order valence-electron chi connectivity index (χ3n) is 3.05. The lowest BCUT2D eigenvalue weighted by molar-refractivity contribution is -0.116. The first kappa shape index (κ1) is 16.2. The molecule has 0 saturated heterocycles. The highest BCUT2D eigenvalue weighted by Crippen LogP contribution is 2.23. The lowest BCUT2D eigenvalue weighted by Gasteiger charge is -2.24. The molecule has 0 aromatic carbocycles. The van der Waals surface area contributed by atoms with E-state index in [1.807, 2.05) is 25.7 Å². The van der Waals surface area contributed by atoms with Crippen molar-refractivity contribution in [3.8, 4) is 0 Å². The number of hydrogen-bond acceptors (Lipinski definition) is 5. The number of rotatable bonds is 8. The average Bonchev–Trinajstić information content (AvgIpc) is 2.43. The molecule has 0 fully saturated rings. The van der Waals surface area contributed by atoms with Crippen LogP contribution in [0.5, 0.6) is 0 Å². The molecule has 0 aliphatic heterocycles. The molecule has 0 aliphatic rings. The average molecular weight is 279 g/mol. The van der Waals surface area contributed by atoms with Gasteiger partial charge in [0.1, 0.15) is 17.5 Å². The van der Waals surface area contributed by atoms with Crippen molar-refractivity contribution >= 4 is 17.5 Å². The van der Waals surface area contributed by atoms with E-state index < -0.39 is 0 Å². The number of carbonyl (C=O) groups excluding carboxylic acids is 1. The van der Waals surface area contributed by atoms with Gasteiger partial charge in [-0.3, -0.25) is 4.79 Å². The van der Waals surface area contributed by atoms with Crippen molar-refractivity contribution in [3.63, 3.8) is 0 Å². The Balaban J connectivity index is 3.18. The third-order valence-corrected chi connectivity index (χ3v) is 3.05. The van der Waals surface area contributed by atoms with Crippen LogP contribution in [0.4, 0.5) is 11.6 Å². The van der Waals surface area contributed by atoms with E-state index in [1.54, 1.807) is 0 Å². The SMILES string of the molecule is CCCNc1nc(CC)nc(N(CC)CC(N)=O)c1C. The highest BCUT2D eigenvalue weighted by molar-refractivity contribution is 5.79. The van der Waals surface area contributed by atoms with Crippen molar-refractivity contribution in [1.82, 2.24) is 9.97 Å². The van der Waals surface area contributed by atoms with Gasteiger partial charge in [0.25, 0.3) is 0 Å². The normalized spacial score (nSPS) is 10.4. The fourth-order valence-electron chi connectivity index (χ4n) is 1.96. The molecule has 0 aliphatic carbocycles. The number of carbonyl (C=O) groups is 1. The van der Waals surface area contributed by atoms with Crippen LogP contribution in [0.2, 0.25) is 0 Å². The second-order valence-corrected chi connectivity index (χ2v) is 4.70. The van der Waals surface area contributed by atoms with Crippen molar-refractivity contribution in [2.45, 2.75) is 40.5 Å². The van der Waals surface area contributed by atoms with Crippen molar-refractivity contribution < 1.29 is 4.79 Å². The Kier molecular flexibility index (Phi) is 6.21. The first-order valence-electron chi connectivity index (χ1n) is 7.18. The van der Waals surface area contributed by atoms with Gasteiger partial charge in [0.15, 0.2) is 0 Å². The van der Waals surface area contributed by atoms with Crippen LogP contribution in [-0.2, 0) is 11.2 Å². The monoisotopic (exact) mass is 279 g/mol. The molecule has 1 rings (SSSR count). The van der Waals surface area contributed by atoms with Crippen molar-refractivity contribution in [3.05, 3.63) is 11.4 Å². The Hall–Kier alpha value is -1.85. The lowest BCUT2D eigenvalue weighted by atomic mass is 10.2. The van der Waals surface area contributed by atoms with E-state index in [0.717, 1.165) is 42.4 Å². The summed E-state index contributed by atoms with van der Waals surface area (Å²) in [5, 5.41) is 3.32. The molecule has 1 aromatic rings. The Labute approximate surface area is 120 Å². The summed E-state index contributed by atoms with van der Waals surface area (Å²) >= 11 is 0. The number of amides is 1. The zero-order chi connectivity index (χ0) is 15.1. The first-order chi connectivity index (χ1) is 9.53. The molecular weight excluding hydrogens is 254 g/mol. The number of anilines is 2. The maximum atomic E-state index is 11.2. The van der Waals surface area contributed by atoms with E-state index in [-0.39, 0.29) is 12.5 Å². The molecule has 3 N–H and O–H groups in total. The van der Waals surface area contributed by atoms with Crippen molar-refractivity contribution in [2.24, 2.45) is 5.73 Å². The quantitative estimate of drug-likeness (QED) is 0.753. The number of aromatic nitrogens is 2. The van der Waals surface area contributed by atoms with Crippen molar-refractivity contribution in [1.29, 1.82) is 0 Å². The summed E-state index contributed by atoms with van der Waals surface area (Å²) in [4.78, 5) is 22.1. The van der Waals surface area contributed by atoms with Crippen LogP contribution in [0.15, 0.2) is 0 Å². The van der Waals surface area contributed by atoms with Crippen LogP contribution in [0.25, 0.3) is 0 Å². The van der Waals surface area contributed by atoms with Gasteiger partial charge in [-0.25, -0.2) is 9.97 Å². The highest BCUT2D eigenvalue weighted by atomic mass is 16.1. The molecule has 20 heavy (non-hydrogen) atoms. The van der Waals surface area contributed by atoms with Gasteiger partial charge in [-0.1, -0.05) is 13.8 Å². The molecule has 0 saturated carbocycles. The number of nitrogens with one attached hydrogen (secondary N) is 1. The number of nitrogens with zero attached hydrogens (tertiary/aromatic N) is 3. The summed E-state index contributed by atoms with van der Waals surface area (Å²) in [5.41, 5.74) is 6.26. The van der Waals surface area contributed by atoms with E-state index in [1.165, 1.54) is 0 Å². The molecule has 0 spiro atoms. The van der Waals surface area contributed by atoms with E-state index in [2.05, 4.69) is 22.2 Å². The fourth-order valence-corrected chi connectivity index (χ4v) is 1.96. The molecular formula is C14H25N5O. The maximum Gasteiger partial charge on any atom is 0.236 e. The summed E-state index contributed by atoms with van der Waals surface area (Å²) in [5.74, 6) is 2.05. The number of likely N-dealkylation sites (N-methyl/N-ethyl adjacent to an activating group) is 1. The van der Waals surface area contributed by atoms with Gasteiger partial charge in [0, 0.05) is 25.1 Å². The highest BCUT2D eigenvalue weighted by Gasteiger charge is 2.16. The largest absolute Gasteiger partial charge is 0.370 e. The van der Waals surface area contributed by atoms with Crippen LogP contribution < -0.4 is 16.0 Å². The van der Waals surface area contributed by atoms with E-state index in [4.69, 9.17) is 5.73 Å². The predicted octanol–water partition coefficient (Wildman–Crippen LogP) is 1.48. The number of hydrogen-bond donors (Lipinski definition) is 2. The minimum absolute atomic E-state index is 0.171. The Bertz CT molecular complexity index is 461. The number of primary amides is 1. The Morgan fingerprint density at radius 3 is 2.50 bits per heavy atom. The van der Waals surface area contributed by atoms with E-state index >= 15 is 0 Å². The summed E-state index contributed by atoms with van der Waals surface area (Å²) in [6.07, 6.45) is 1.78. The molecule has 1 amide bonds. The van der Waals surface area contributed by atoms with Crippen LogP contribution >= 0.6 is 0 Å². The van der Waals surface area contributed by atoms with Crippen LogP contribution in [0, 0.1) is 6.92 Å². The Morgan fingerprint density at radius 2 is 2.00 bits per heavy atom. The van der Waals surface area contributed by atoms with Gasteiger partial charge in [0.05, 0.1) is 6.54 Å². The predicted molar refractivity (Wildman–Crippen MR) is 82.0 cm³/mol. The summed E-state index contributed by atoms with van der Waals surface area (Å²) < 4.78 is 0. The summed E-state index contributed by atoms with van der Waals surface area (Å²) in [6.45, 7) is 9.79. The van der Waals surface area contributed by atoms with Gasteiger partial charge in [-0.05, 0) is 20.3 Å². The molecule has 6 nitrogen and oxygen atoms in total. The zero-order valence-electron chi connectivity index (χ0n) is 12.9.